The minimum atomic E-state index is -1.19. The third-order valence-electron chi connectivity index (χ3n) is 0.985. The first-order valence-electron chi connectivity index (χ1n) is 3.20. The smallest absolute Gasteiger partial charge is 0.406 e. The highest BCUT2D eigenvalue weighted by molar-refractivity contribution is 5.64. The van der Waals surface area contributed by atoms with Crippen LogP contribution in [0.25, 0.3) is 0 Å². The van der Waals surface area contributed by atoms with Crippen LogP contribution in [0.5, 0.6) is 0 Å². The highest BCUT2D eigenvalue weighted by Crippen LogP contribution is 2.01. The van der Waals surface area contributed by atoms with Gasteiger partial charge in [0, 0.05) is 0 Å². The van der Waals surface area contributed by atoms with Gasteiger partial charge >= 0.3 is 6.09 Å². The molecule has 1 amide bonds. The van der Waals surface area contributed by atoms with Crippen molar-refractivity contribution in [3.8, 4) is 0 Å². The lowest BCUT2D eigenvalue weighted by atomic mass is 10.1. The van der Waals surface area contributed by atoms with Gasteiger partial charge in [-0.1, -0.05) is 13.8 Å². The number of hydrogen-bond donors (Lipinski definition) is 3. The number of carboxylic acid groups (broad SMARTS) is 1. The Hall–Kier alpha value is -0.770. The molecule has 0 aliphatic heterocycles. The van der Waals surface area contributed by atoms with Gasteiger partial charge in [-0.05, 0) is 12.3 Å². The van der Waals surface area contributed by atoms with E-state index in [0.717, 1.165) is 0 Å². The Morgan fingerprint density at radius 1 is 1.60 bits per heavy atom. The molecular weight excluding hydrogens is 134 g/mol. The first kappa shape index (κ1) is 9.23. The van der Waals surface area contributed by atoms with E-state index in [9.17, 15) is 4.79 Å². The maximum Gasteiger partial charge on any atom is 0.406 e. The Labute approximate surface area is 59.9 Å². The molecule has 0 aliphatic carbocycles. The van der Waals surface area contributed by atoms with Crippen LogP contribution in [-0.4, -0.2) is 22.5 Å². The molecule has 0 saturated carbocycles. The lowest BCUT2D eigenvalue weighted by molar-refractivity contribution is 0.105. The molecule has 0 bridgehead atoms. The fraction of sp³-hybridized carbons (Fsp3) is 0.833. The first-order chi connectivity index (χ1) is 4.52. The summed E-state index contributed by atoms with van der Waals surface area (Å²) in [5.41, 5.74) is 0. The number of nitrogens with one attached hydrogen (secondary N) is 1. The molecule has 0 aliphatic rings. The summed E-state index contributed by atoms with van der Waals surface area (Å²) >= 11 is 0. The van der Waals surface area contributed by atoms with Crippen LogP contribution in [-0.2, 0) is 0 Å². The van der Waals surface area contributed by atoms with Crippen LogP contribution in [0.2, 0.25) is 0 Å². The van der Waals surface area contributed by atoms with Crippen molar-refractivity contribution in [1.82, 2.24) is 5.32 Å². The zero-order valence-corrected chi connectivity index (χ0v) is 6.16. The molecule has 0 aromatic rings. The van der Waals surface area contributed by atoms with Crippen LogP contribution >= 0.6 is 0 Å². The van der Waals surface area contributed by atoms with Gasteiger partial charge in [-0.3, -0.25) is 5.32 Å². The second-order valence-corrected chi connectivity index (χ2v) is 2.59. The fourth-order valence-electron chi connectivity index (χ4n) is 0.648. The van der Waals surface area contributed by atoms with Crippen LogP contribution < -0.4 is 5.32 Å². The SMILES string of the molecule is CC(C)CC(O)NC(=O)O. The largest absolute Gasteiger partial charge is 0.465 e. The van der Waals surface area contributed by atoms with Gasteiger partial charge in [-0.2, -0.15) is 0 Å². The molecule has 0 radical (unpaired) electrons. The summed E-state index contributed by atoms with van der Waals surface area (Å²) in [5.74, 6) is 0.293. The first-order valence-corrected chi connectivity index (χ1v) is 3.20. The number of aliphatic hydroxyl groups is 1. The van der Waals surface area contributed by atoms with Gasteiger partial charge in [0.05, 0.1) is 0 Å². The molecule has 10 heavy (non-hydrogen) atoms. The molecule has 0 heterocycles. The van der Waals surface area contributed by atoms with E-state index in [0.29, 0.717) is 12.3 Å². The average molecular weight is 147 g/mol. The summed E-state index contributed by atoms with van der Waals surface area (Å²) in [4.78, 5) is 9.92. The van der Waals surface area contributed by atoms with E-state index >= 15 is 0 Å². The maximum atomic E-state index is 9.92. The van der Waals surface area contributed by atoms with E-state index in [2.05, 4.69) is 0 Å². The average Bonchev–Trinajstić information content (AvgIpc) is 1.58. The summed E-state index contributed by atoms with van der Waals surface area (Å²) in [7, 11) is 0. The molecule has 60 valence electrons. The molecule has 0 aromatic carbocycles. The number of amides is 1. The van der Waals surface area contributed by atoms with Gasteiger partial charge in [0.2, 0.25) is 0 Å². The Bertz CT molecular complexity index is 114. The second kappa shape index (κ2) is 4.11. The zero-order valence-electron chi connectivity index (χ0n) is 6.16. The number of aliphatic hydroxyl groups excluding tert-OH is 1. The maximum absolute atomic E-state index is 9.92. The summed E-state index contributed by atoms with van der Waals surface area (Å²) in [5, 5.41) is 19.0. The van der Waals surface area contributed by atoms with E-state index in [4.69, 9.17) is 10.2 Å². The van der Waals surface area contributed by atoms with Gasteiger partial charge in [0.25, 0.3) is 0 Å². The fourth-order valence-corrected chi connectivity index (χ4v) is 0.648. The molecular formula is C6H13NO3. The quantitative estimate of drug-likeness (QED) is 0.512. The van der Waals surface area contributed by atoms with Gasteiger partial charge in [0.15, 0.2) is 0 Å². The van der Waals surface area contributed by atoms with Crippen molar-refractivity contribution in [1.29, 1.82) is 0 Å². The van der Waals surface area contributed by atoms with Crippen LogP contribution in [0.3, 0.4) is 0 Å². The Balaban J connectivity index is 3.43. The minimum Gasteiger partial charge on any atom is -0.465 e. The standard InChI is InChI=1S/C6H13NO3/c1-4(2)3-5(8)7-6(9)10/h4-5,7-8H,3H2,1-2H3,(H,9,10). The van der Waals surface area contributed by atoms with Crippen molar-refractivity contribution in [3.05, 3.63) is 0 Å². The van der Waals surface area contributed by atoms with Crippen molar-refractivity contribution in [2.75, 3.05) is 0 Å². The molecule has 0 rings (SSSR count). The van der Waals surface area contributed by atoms with Crippen LogP contribution in [0.4, 0.5) is 4.79 Å². The summed E-state index contributed by atoms with van der Waals surface area (Å²) in [6.45, 7) is 3.82. The molecule has 0 spiro atoms. The molecule has 4 heteroatoms. The Kier molecular flexibility index (Phi) is 3.79. The van der Waals surface area contributed by atoms with E-state index in [1.165, 1.54) is 0 Å². The van der Waals surface area contributed by atoms with Crippen LogP contribution in [0.1, 0.15) is 20.3 Å². The molecule has 1 atom stereocenters. The number of hydrogen-bond acceptors (Lipinski definition) is 2. The molecule has 0 saturated heterocycles. The predicted molar refractivity (Wildman–Crippen MR) is 36.6 cm³/mol. The highest BCUT2D eigenvalue weighted by atomic mass is 16.4. The zero-order chi connectivity index (χ0) is 8.15. The topological polar surface area (TPSA) is 69.6 Å². The number of carbonyl (C=O) groups is 1. The van der Waals surface area contributed by atoms with E-state index < -0.39 is 12.3 Å². The third-order valence-corrected chi connectivity index (χ3v) is 0.985. The molecule has 1 unspecified atom stereocenters. The lowest BCUT2D eigenvalue weighted by Crippen LogP contribution is -2.34. The molecule has 3 N–H and O–H groups in total. The van der Waals surface area contributed by atoms with Crippen molar-refractivity contribution in [3.63, 3.8) is 0 Å². The molecule has 0 fully saturated rings. The number of rotatable bonds is 3. The highest BCUT2D eigenvalue weighted by Gasteiger charge is 2.07. The monoisotopic (exact) mass is 147 g/mol. The predicted octanol–water partition coefficient (Wildman–Crippen LogP) is 0.619. The summed E-state index contributed by atoms with van der Waals surface area (Å²) in [6.07, 6.45) is -1.67. The minimum absolute atomic E-state index is 0.293. The van der Waals surface area contributed by atoms with Crippen molar-refractivity contribution < 1.29 is 15.0 Å². The molecule has 0 aromatic heterocycles. The van der Waals surface area contributed by atoms with Crippen molar-refractivity contribution >= 4 is 6.09 Å². The Morgan fingerprint density at radius 3 is 2.40 bits per heavy atom. The van der Waals surface area contributed by atoms with Gasteiger partial charge in [0.1, 0.15) is 6.23 Å². The summed E-state index contributed by atoms with van der Waals surface area (Å²) in [6, 6.07) is 0. The van der Waals surface area contributed by atoms with Crippen molar-refractivity contribution in [2.45, 2.75) is 26.5 Å². The van der Waals surface area contributed by atoms with Crippen LogP contribution in [0.15, 0.2) is 0 Å². The lowest BCUT2D eigenvalue weighted by Gasteiger charge is -2.11. The van der Waals surface area contributed by atoms with Gasteiger partial charge in [-0.25, -0.2) is 4.79 Å². The van der Waals surface area contributed by atoms with Gasteiger partial charge in [-0.15, -0.1) is 0 Å². The van der Waals surface area contributed by atoms with Gasteiger partial charge < -0.3 is 10.2 Å². The van der Waals surface area contributed by atoms with E-state index in [-0.39, 0.29) is 0 Å². The van der Waals surface area contributed by atoms with Crippen LogP contribution in [0, 0.1) is 5.92 Å². The van der Waals surface area contributed by atoms with Crippen molar-refractivity contribution in [2.24, 2.45) is 5.92 Å². The second-order valence-electron chi connectivity index (χ2n) is 2.59. The summed E-state index contributed by atoms with van der Waals surface area (Å²) < 4.78 is 0. The molecule has 4 nitrogen and oxygen atoms in total. The third kappa shape index (κ3) is 5.37. The van der Waals surface area contributed by atoms with E-state index in [1.807, 2.05) is 19.2 Å². The Morgan fingerprint density at radius 2 is 2.10 bits per heavy atom. The van der Waals surface area contributed by atoms with E-state index in [1.54, 1.807) is 0 Å². The normalized spacial score (nSPS) is 13.2.